The molecule has 0 saturated carbocycles. The van der Waals surface area contributed by atoms with E-state index < -0.39 is 23.3 Å². The highest BCUT2D eigenvalue weighted by Crippen LogP contribution is 2.41. The molecule has 0 bridgehead atoms. The largest absolute Gasteiger partial charge is 0.489 e. The van der Waals surface area contributed by atoms with Crippen LogP contribution in [-0.2, 0) is 12.8 Å². The van der Waals surface area contributed by atoms with Crippen molar-refractivity contribution in [1.82, 2.24) is 4.98 Å². The van der Waals surface area contributed by atoms with Crippen LogP contribution in [0.2, 0.25) is 5.02 Å². The van der Waals surface area contributed by atoms with Crippen LogP contribution in [0.5, 0.6) is 5.75 Å². The van der Waals surface area contributed by atoms with Crippen molar-refractivity contribution in [1.29, 1.82) is 0 Å². The number of fused-ring (bicyclic) bond motifs is 1. The number of benzene rings is 4. The molecule has 1 heterocycles. The lowest BCUT2D eigenvalue weighted by Crippen LogP contribution is -2.10. The number of nitrogens with zero attached hydrogens (tertiary/aromatic N) is 1. The molecule has 3 nitrogen and oxygen atoms in total. The summed E-state index contributed by atoms with van der Waals surface area (Å²) >= 11 is 5.81. The first-order chi connectivity index (χ1) is 18.2. The van der Waals surface area contributed by atoms with Crippen molar-refractivity contribution in [3.8, 4) is 16.9 Å². The predicted octanol–water partition coefficient (Wildman–Crippen LogP) is 8.52. The summed E-state index contributed by atoms with van der Waals surface area (Å²) in [5.74, 6) is -0.731. The number of ketones is 1. The van der Waals surface area contributed by atoms with Crippen molar-refractivity contribution in [3.63, 3.8) is 0 Å². The van der Waals surface area contributed by atoms with Crippen LogP contribution >= 0.6 is 11.6 Å². The molecular formula is C30H18ClF4NO2. The third kappa shape index (κ3) is 5.10. The Labute approximate surface area is 220 Å². The first-order valence-electron chi connectivity index (χ1n) is 11.5. The number of ether oxygens (including phenoxy) is 1. The number of carbonyl (C=O) groups is 1. The number of hydrogen-bond donors (Lipinski definition) is 0. The highest BCUT2D eigenvalue weighted by molar-refractivity contribution is 6.30. The first kappa shape index (κ1) is 25.4. The molecule has 0 saturated heterocycles. The van der Waals surface area contributed by atoms with Crippen LogP contribution in [0.15, 0.2) is 97.2 Å². The lowest BCUT2D eigenvalue weighted by Gasteiger charge is -2.18. The number of carbonyl (C=O) groups excluding carboxylic acids is 1. The second-order valence-corrected chi connectivity index (χ2v) is 8.93. The predicted molar refractivity (Wildman–Crippen MR) is 138 cm³/mol. The van der Waals surface area contributed by atoms with Gasteiger partial charge in [0, 0.05) is 38.9 Å². The normalized spacial score (nSPS) is 11.5. The van der Waals surface area contributed by atoms with E-state index in [4.69, 9.17) is 16.3 Å². The Morgan fingerprint density at radius 2 is 1.66 bits per heavy atom. The fraction of sp³-hybridized carbons (Fsp3) is 0.0667. The SMILES string of the molecule is O=C(c1ccccc1)c1cnc2cccc(C(F)(F)F)c2c1-c1cccc(OCc2ccc(Cl)cc2F)c1. The van der Waals surface area contributed by atoms with Gasteiger partial charge >= 0.3 is 6.18 Å². The van der Waals surface area contributed by atoms with Gasteiger partial charge in [-0.3, -0.25) is 9.78 Å². The van der Waals surface area contributed by atoms with Gasteiger partial charge in [0.1, 0.15) is 18.2 Å². The molecule has 8 heteroatoms. The first-order valence-corrected chi connectivity index (χ1v) is 11.9. The van der Waals surface area contributed by atoms with Crippen molar-refractivity contribution < 1.29 is 27.1 Å². The average Bonchev–Trinajstić information content (AvgIpc) is 2.91. The van der Waals surface area contributed by atoms with Gasteiger partial charge in [-0.25, -0.2) is 4.39 Å². The number of rotatable bonds is 6. The fourth-order valence-electron chi connectivity index (χ4n) is 4.24. The number of pyridine rings is 1. The average molecular weight is 536 g/mol. The van der Waals surface area contributed by atoms with Gasteiger partial charge in [-0.2, -0.15) is 13.2 Å². The second kappa shape index (κ2) is 10.3. The molecule has 38 heavy (non-hydrogen) atoms. The van der Waals surface area contributed by atoms with Crippen LogP contribution in [0.4, 0.5) is 17.6 Å². The lowest BCUT2D eigenvalue weighted by atomic mass is 9.90. The molecule has 0 atom stereocenters. The quantitative estimate of drug-likeness (QED) is 0.161. The Balaban J connectivity index is 1.67. The summed E-state index contributed by atoms with van der Waals surface area (Å²) in [5, 5.41) is 0.0524. The van der Waals surface area contributed by atoms with Crippen LogP contribution in [-0.4, -0.2) is 10.8 Å². The molecule has 0 N–H and O–H groups in total. The van der Waals surface area contributed by atoms with Crippen molar-refractivity contribution >= 4 is 28.3 Å². The molecule has 0 spiro atoms. The zero-order chi connectivity index (χ0) is 26.9. The van der Waals surface area contributed by atoms with E-state index in [9.17, 15) is 22.4 Å². The maximum atomic E-state index is 14.2. The topological polar surface area (TPSA) is 39.2 Å². The van der Waals surface area contributed by atoms with E-state index in [1.165, 1.54) is 42.6 Å². The van der Waals surface area contributed by atoms with E-state index in [2.05, 4.69) is 4.98 Å². The molecule has 0 amide bonds. The van der Waals surface area contributed by atoms with Gasteiger partial charge in [-0.05, 0) is 42.0 Å². The number of alkyl halides is 3. The molecule has 1 aromatic heterocycles. The molecule has 0 fully saturated rings. The maximum absolute atomic E-state index is 14.2. The molecular weight excluding hydrogens is 518 g/mol. The van der Waals surface area contributed by atoms with Gasteiger partial charge in [-0.15, -0.1) is 0 Å². The number of hydrogen-bond acceptors (Lipinski definition) is 3. The van der Waals surface area contributed by atoms with E-state index in [1.807, 2.05) is 0 Å². The molecule has 5 aromatic rings. The van der Waals surface area contributed by atoms with E-state index >= 15 is 0 Å². The molecule has 4 aromatic carbocycles. The molecule has 0 unspecified atom stereocenters. The van der Waals surface area contributed by atoms with Gasteiger partial charge in [0.25, 0.3) is 0 Å². The van der Waals surface area contributed by atoms with Gasteiger partial charge < -0.3 is 4.74 Å². The minimum absolute atomic E-state index is 0.0151. The minimum atomic E-state index is -4.69. The minimum Gasteiger partial charge on any atom is -0.489 e. The smallest absolute Gasteiger partial charge is 0.417 e. The third-order valence-electron chi connectivity index (χ3n) is 6.01. The van der Waals surface area contributed by atoms with Crippen LogP contribution in [0.3, 0.4) is 0 Å². The van der Waals surface area contributed by atoms with Crippen molar-refractivity contribution in [2.75, 3.05) is 0 Å². The van der Waals surface area contributed by atoms with Crippen molar-refractivity contribution in [2.45, 2.75) is 12.8 Å². The fourth-order valence-corrected chi connectivity index (χ4v) is 4.40. The standard InChI is InChI=1S/C30H18ClF4NO2/c31-21-13-12-20(25(32)15-21)17-38-22-9-4-8-19(14-22)27-23(29(37)18-6-2-1-3-7-18)16-36-26-11-5-10-24(28(26)27)30(33,34)35/h1-16H,17H2. The molecule has 190 valence electrons. The highest BCUT2D eigenvalue weighted by atomic mass is 35.5. The van der Waals surface area contributed by atoms with Gasteiger partial charge in [0.05, 0.1) is 11.1 Å². The van der Waals surface area contributed by atoms with Crippen LogP contribution in [0.25, 0.3) is 22.0 Å². The summed E-state index contributed by atoms with van der Waals surface area (Å²) < 4.78 is 62.4. The van der Waals surface area contributed by atoms with Crippen molar-refractivity contribution in [3.05, 3.63) is 130 Å². The lowest BCUT2D eigenvalue weighted by molar-refractivity contribution is -0.136. The zero-order valence-electron chi connectivity index (χ0n) is 19.6. The Bertz CT molecular complexity index is 1650. The van der Waals surface area contributed by atoms with Gasteiger partial charge in [0.2, 0.25) is 0 Å². The molecule has 5 rings (SSSR count). The Kier molecular flexibility index (Phi) is 6.87. The summed E-state index contributed by atoms with van der Waals surface area (Å²) in [6, 6.07) is 22.5. The zero-order valence-corrected chi connectivity index (χ0v) is 20.4. The maximum Gasteiger partial charge on any atom is 0.417 e. The summed E-state index contributed by atoms with van der Waals surface area (Å²) in [4.78, 5) is 17.7. The van der Waals surface area contributed by atoms with Crippen LogP contribution in [0, 0.1) is 5.82 Å². The number of aromatic nitrogens is 1. The highest BCUT2D eigenvalue weighted by Gasteiger charge is 2.34. The van der Waals surface area contributed by atoms with Gasteiger partial charge in [0.15, 0.2) is 5.78 Å². The van der Waals surface area contributed by atoms with E-state index in [-0.39, 0.29) is 45.0 Å². The molecule has 0 radical (unpaired) electrons. The third-order valence-corrected chi connectivity index (χ3v) is 6.25. The summed E-state index contributed by atoms with van der Waals surface area (Å²) in [6.07, 6.45) is -3.39. The second-order valence-electron chi connectivity index (χ2n) is 8.49. The van der Waals surface area contributed by atoms with Crippen LogP contribution in [0.1, 0.15) is 27.0 Å². The summed E-state index contributed by atoms with van der Waals surface area (Å²) in [6.45, 7) is -0.132. The Morgan fingerprint density at radius 1 is 0.895 bits per heavy atom. The van der Waals surface area contributed by atoms with Gasteiger partial charge in [-0.1, -0.05) is 66.2 Å². The van der Waals surface area contributed by atoms with E-state index in [1.54, 1.807) is 48.5 Å². The molecule has 0 aliphatic carbocycles. The summed E-state index contributed by atoms with van der Waals surface area (Å²) in [5.41, 5.74) is 0.172. The van der Waals surface area contributed by atoms with Crippen molar-refractivity contribution in [2.24, 2.45) is 0 Å². The van der Waals surface area contributed by atoms with E-state index in [0.29, 0.717) is 11.1 Å². The number of halogens is 5. The summed E-state index contributed by atoms with van der Waals surface area (Å²) in [7, 11) is 0. The monoisotopic (exact) mass is 535 g/mol. The molecule has 0 aliphatic rings. The molecule has 0 aliphatic heterocycles. The van der Waals surface area contributed by atoms with Crippen LogP contribution < -0.4 is 4.74 Å². The Hall–Kier alpha value is -4.23. The Morgan fingerprint density at radius 3 is 2.39 bits per heavy atom. The van der Waals surface area contributed by atoms with E-state index in [0.717, 1.165) is 6.07 Å².